The highest BCUT2D eigenvalue weighted by atomic mass is 19.4. The van der Waals surface area contributed by atoms with Crippen LogP contribution in [0.5, 0.6) is 11.5 Å². The van der Waals surface area contributed by atoms with E-state index in [2.05, 4.69) is 24.9 Å². The number of halogens is 3. The number of alkyl halides is 3. The zero-order chi connectivity index (χ0) is 25.0. The molecule has 10 nitrogen and oxygen atoms in total. The summed E-state index contributed by atoms with van der Waals surface area (Å²) in [4.78, 5) is 23.5. The van der Waals surface area contributed by atoms with Gasteiger partial charge in [-0.2, -0.15) is 0 Å². The topological polar surface area (TPSA) is 106 Å². The average Bonchev–Trinajstić information content (AvgIpc) is 2.84. The van der Waals surface area contributed by atoms with Crippen molar-refractivity contribution in [2.24, 2.45) is 0 Å². The van der Waals surface area contributed by atoms with Crippen LogP contribution in [-0.2, 0) is 0 Å². The molecule has 0 bridgehead atoms. The maximum Gasteiger partial charge on any atom is 0.573 e. The number of ether oxygens (including phenoxy) is 2. The Morgan fingerprint density at radius 3 is 2.11 bits per heavy atom. The largest absolute Gasteiger partial charge is 0.573 e. The molecule has 1 aromatic heterocycles. The Morgan fingerprint density at radius 1 is 0.943 bits per heavy atom. The van der Waals surface area contributed by atoms with E-state index in [0.717, 1.165) is 23.6 Å². The number of nitrogens with one attached hydrogen (secondary N) is 1. The minimum atomic E-state index is -4.81. The van der Waals surface area contributed by atoms with E-state index in [-0.39, 0.29) is 17.3 Å². The summed E-state index contributed by atoms with van der Waals surface area (Å²) in [6.45, 7) is 2.23. The Balaban J connectivity index is 1.49. The van der Waals surface area contributed by atoms with Crippen LogP contribution in [0.25, 0.3) is 0 Å². The molecule has 4 rings (SSSR count). The number of rotatable bonds is 7. The van der Waals surface area contributed by atoms with Crippen LogP contribution in [0.1, 0.15) is 0 Å². The molecule has 0 atom stereocenters. The van der Waals surface area contributed by atoms with Gasteiger partial charge < -0.3 is 24.6 Å². The van der Waals surface area contributed by atoms with E-state index >= 15 is 0 Å². The second-order valence-corrected chi connectivity index (χ2v) is 7.52. The molecule has 0 spiro atoms. The van der Waals surface area contributed by atoms with Gasteiger partial charge in [0, 0.05) is 37.6 Å². The smallest absolute Gasteiger partial charge is 0.497 e. The number of benzene rings is 2. The molecule has 35 heavy (non-hydrogen) atoms. The molecule has 184 valence electrons. The van der Waals surface area contributed by atoms with E-state index in [0.29, 0.717) is 31.9 Å². The van der Waals surface area contributed by atoms with Crippen molar-refractivity contribution in [3.8, 4) is 11.5 Å². The SMILES string of the molecule is COc1ccc(N2CCN(c3ncnc(Nc4ccc(OC(F)(F)F)cc4)c3[N+](=O)[O-])CC2)cc1. The number of nitro groups is 1. The quantitative estimate of drug-likeness (QED) is 0.382. The summed E-state index contributed by atoms with van der Waals surface area (Å²) in [5, 5.41) is 14.7. The fourth-order valence-electron chi connectivity index (χ4n) is 3.71. The summed E-state index contributed by atoms with van der Waals surface area (Å²) in [6.07, 6.45) is -3.60. The van der Waals surface area contributed by atoms with Gasteiger partial charge in [0.25, 0.3) is 0 Å². The molecule has 2 aromatic carbocycles. The second kappa shape index (κ2) is 9.91. The van der Waals surface area contributed by atoms with Crippen molar-refractivity contribution in [2.75, 3.05) is 48.4 Å². The molecule has 0 radical (unpaired) electrons. The van der Waals surface area contributed by atoms with E-state index in [4.69, 9.17) is 4.74 Å². The van der Waals surface area contributed by atoms with Crippen LogP contribution in [0.4, 0.5) is 41.9 Å². The lowest BCUT2D eigenvalue weighted by atomic mass is 10.2. The first-order valence-electron chi connectivity index (χ1n) is 10.5. The summed E-state index contributed by atoms with van der Waals surface area (Å²) >= 11 is 0. The molecule has 0 aliphatic carbocycles. The first-order valence-corrected chi connectivity index (χ1v) is 10.5. The number of aromatic nitrogens is 2. The van der Waals surface area contributed by atoms with E-state index in [9.17, 15) is 23.3 Å². The Kier molecular flexibility index (Phi) is 6.75. The monoisotopic (exact) mass is 490 g/mol. The zero-order valence-electron chi connectivity index (χ0n) is 18.5. The second-order valence-electron chi connectivity index (χ2n) is 7.52. The summed E-state index contributed by atoms with van der Waals surface area (Å²) in [5.41, 5.74) is 1.00. The van der Waals surface area contributed by atoms with Crippen LogP contribution in [0, 0.1) is 10.1 Å². The summed E-state index contributed by atoms with van der Waals surface area (Å²) in [5.74, 6) is 0.447. The number of hydrogen-bond acceptors (Lipinski definition) is 9. The van der Waals surface area contributed by atoms with Crippen LogP contribution in [0.15, 0.2) is 54.9 Å². The normalized spacial score (nSPS) is 13.9. The van der Waals surface area contributed by atoms with Gasteiger partial charge in [-0.15, -0.1) is 13.2 Å². The van der Waals surface area contributed by atoms with Crippen molar-refractivity contribution in [1.29, 1.82) is 0 Å². The fourth-order valence-corrected chi connectivity index (χ4v) is 3.71. The molecule has 0 unspecified atom stereocenters. The number of anilines is 4. The standard InChI is InChI=1S/C22H21F3N6O4/c1-34-17-8-4-16(5-9-17)29-10-12-30(13-11-29)21-19(31(32)33)20(26-14-27-21)28-15-2-6-18(7-3-15)35-22(23,24)25/h2-9,14H,10-13H2,1H3,(H,26,27,28). The van der Waals surface area contributed by atoms with Crippen LogP contribution in [-0.4, -0.2) is 54.5 Å². The van der Waals surface area contributed by atoms with E-state index in [1.807, 2.05) is 29.2 Å². The van der Waals surface area contributed by atoms with E-state index < -0.39 is 17.0 Å². The molecular weight excluding hydrogens is 469 g/mol. The molecule has 0 amide bonds. The first kappa shape index (κ1) is 23.9. The average molecular weight is 490 g/mol. The van der Waals surface area contributed by atoms with Gasteiger partial charge in [-0.1, -0.05) is 0 Å². The predicted octanol–water partition coefficient (Wildman–Crippen LogP) is 4.36. The van der Waals surface area contributed by atoms with Gasteiger partial charge in [0.05, 0.1) is 12.0 Å². The first-order chi connectivity index (χ1) is 16.7. The molecule has 13 heteroatoms. The van der Waals surface area contributed by atoms with Gasteiger partial charge in [0.2, 0.25) is 11.6 Å². The molecule has 0 saturated carbocycles. The third-order valence-electron chi connectivity index (χ3n) is 5.35. The number of piperazine rings is 1. The van der Waals surface area contributed by atoms with Crippen LogP contribution >= 0.6 is 0 Å². The predicted molar refractivity (Wildman–Crippen MR) is 123 cm³/mol. The fraction of sp³-hybridized carbons (Fsp3) is 0.273. The lowest BCUT2D eigenvalue weighted by Gasteiger charge is -2.36. The summed E-state index contributed by atoms with van der Waals surface area (Å²) < 4.78 is 46.1. The zero-order valence-corrected chi connectivity index (χ0v) is 18.5. The molecule has 1 aliphatic heterocycles. The number of nitrogens with zero attached hydrogens (tertiary/aromatic N) is 5. The Hall–Kier alpha value is -4.29. The van der Waals surface area contributed by atoms with Crippen molar-refractivity contribution in [2.45, 2.75) is 6.36 Å². The van der Waals surface area contributed by atoms with Gasteiger partial charge in [-0.05, 0) is 48.5 Å². The Bertz CT molecular complexity index is 1170. The van der Waals surface area contributed by atoms with Gasteiger partial charge in [0.15, 0.2) is 0 Å². The number of methoxy groups -OCH3 is 1. The highest BCUT2D eigenvalue weighted by Crippen LogP contribution is 2.35. The maximum absolute atomic E-state index is 12.4. The molecule has 2 heterocycles. The molecule has 1 fully saturated rings. The third kappa shape index (κ3) is 5.80. The molecular formula is C22H21F3N6O4. The van der Waals surface area contributed by atoms with Crippen LogP contribution in [0.3, 0.4) is 0 Å². The van der Waals surface area contributed by atoms with Crippen molar-refractivity contribution in [3.63, 3.8) is 0 Å². The lowest BCUT2D eigenvalue weighted by Crippen LogP contribution is -2.47. The van der Waals surface area contributed by atoms with Gasteiger partial charge in [-0.3, -0.25) is 10.1 Å². The van der Waals surface area contributed by atoms with Crippen LogP contribution in [0.2, 0.25) is 0 Å². The minimum Gasteiger partial charge on any atom is -0.497 e. The Morgan fingerprint density at radius 2 is 1.54 bits per heavy atom. The van der Waals surface area contributed by atoms with Crippen molar-refractivity contribution >= 4 is 28.7 Å². The van der Waals surface area contributed by atoms with Crippen molar-refractivity contribution in [1.82, 2.24) is 9.97 Å². The molecule has 3 aromatic rings. The van der Waals surface area contributed by atoms with Crippen molar-refractivity contribution < 1.29 is 27.6 Å². The highest BCUT2D eigenvalue weighted by molar-refractivity contribution is 5.74. The van der Waals surface area contributed by atoms with Crippen molar-refractivity contribution in [3.05, 3.63) is 65.0 Å². The molecule has 1 aliphatic rings. The lowest BCUT2D eigenvalue weighted by molar-refractivity contribution is -0.383. The summed E-state index contributed by atoms with van der Waals surface area (Å²) in [7, 11) is 1.60. The Labute approximate surface area is 198 Å². The maximum atomic E-state index is 12.4. The summed E-state index contributed by atoms with van der Waals surface area (Å²) in [6, 6.07) is 12.5. The van der Waals surface area contributed by atoms with Gasteiger partial charge in [0.1, 0.15) is 17.8 Å². The van der Waals surface area contributed by atoms with Gasteiger partial charge >= 0.3 is 12.0 Å². The minimum absolute atomic E-state index is 0.0675. The molecule has 1 N–H and O–H groups in total. The van der Waals surface area contributed by atoms with E-state index in [1.165, 1.54) is 18.5 Å². The highest BCUT2D eigenvalue weighted by Gasteiger charge is 2.31. The van der Waals surface area contributed by atoms with Gasteiger partial charge in [-0.25, -0.2) is 9.97 Å². The molecule has 1 saturated heterocycles. The third-order valence-corrected chi connectivity index (χ3v) is 5.35. The number of hydrogen-bond donors (Lipinski definition) is 1. The van der Waals surface area contributed by atoms with E-state index in [1.54, 1.807) is 7.11 Å². The van der Waals surface area contributed by atoms with Crippen LogP contribution < -0.4 is 24.6 Å².